The highest BCUT2D eigenvalue weighted by atomic mass is 16.5. The van der Waals surface area contributed by atoms with Crippen molar-refractivity contribution in [2.45, 2.75) is 24.7 Å². The lowest BCUT2D eigenvalue weighted by Crippen LogP contribution is -2.34. The topological polar surface area (TPSA) is 12.5 Å². The average molecular weight is 718 g/mol. The van der Waals surface area contributed by atoms with Crippen molar-refractivity contribution >= 4 is 38.6 Å². The normalized spacial score (nSPS) is 14.3. The van der Waals surface area contributed by atoms with Gasteiger partial charge >= 0.3 is 0 Å². The highest BCUT2D eigenvalue weighted by Crippen LogP contribution is 2.62. The summed E-state index contributed by atoms with van der Waals surface area (Å²) in [6.45, 7) is 4.71. The zero-order chi connectivity index (χ0) is 37.4. The third-order valence-corrected chi connectivity index (χ3v) is 12.3. The minimum Gasteiger partial charge on any atom is -0.456 e. The van der Waals surface area contributed by atoms with E-state index < -0.39 is 5.41 Å². The Labute approximate surface area is 327 Å². The summed E-state index contributed by atoms with van der Waals surface area (Å²) in [6, 6.07) is 73.1. The van der Waals surface area contributed by atoms with E-state index in [1.807, 2.05) is 0 Å². The van der Waals surface area contributed by atoms with Gasteiger partial charge in [-0.05, 0) is 91.8 Å². The zero-order valence-corrected chi connectivity index (χ0v) is 31.4. The Kier molecular flexibility index (Phi) is 7.15. The van der Waals surface area contributed by atoms with Crippen molar-refractivity contribution in [1.82, 2.24) is 0 Å². The van der Waals surface area contributed by atoms with Gasteiger partial charge in [0, 0.05) is 39.2 Å². The molecule has 2 aliphatic rings. The summed E-state index contributed by atoms with van der Waals surface area (Å²) in [5.74, 6) is 1.82. The quantitative estimate of drug-likeness (QED) is 0.176. The molecular formula is C54H39NO. The predicted molar refractivity (Wildman–Crippen MR) is 232 cm³/mol. The molecule has 1 aliphatic heterocycles. The fraction of sp³-hybridized carbons (Fsp3) is 0.0741. The highest BCUT2D eigenvalue weighted by Gasteiger charge is 2.48. The van der Waals surface area contributed by atoms with Crippen LogP contribution in [0.5, 0.6) is 11.5 Å². The Hall–Kier alpha value is -6.90. The van der Waals surface area contributed by atoms with Crippen molar-refractivity contribution in [3.63, 3.8) is 0 Å². The van der Waals surface area contributed by atoms with Crippen LogP contribution in [-0.4, -0.2) is 0 Å². The van der Waals surface area contributed by atoms with Gasteiger partial charge in [-0.2, -0.15) is 0 Å². The molecule has 0 spiro atoms. The van der Waals surface area contributed by atoms with Crippen LogP contribution in [0.2, 0.25) is 0 Å². The second-order valence-corrected chi connectivity index (χ2v) is 15.7. The summed E-state index contributed by atoms with van der Waals surface area (Å²) in [6.07, 6.45) is 0. The second-order valence-electron chi connectivity index (χ2n) is 15.7. The van der Waals surface area contributed by atoms with Crippen LogP contribution in [0, 0.1) is 0 Å². The van der Waals surface area contributed by atoms with Gasteiger partial charge in [0.05, 0.1) is 5.41 Å². The van der Waals surface area contributed by atoms with Crippen molar-refractivity contribution in [2.24, 2.45) is 0 Å². The summed E-state index contributed by atoms with van der Waals surface area (Å²) >= 11 is 0. The summed E-state index contributed by atoms with van der Waals surface area (Å²) in [7, 11) is 0. The van der Waals surface area contributed by atoms with E-state index in [0.29, 0.717) is 0 Å². The van der Waals surface area contributed by atoms with Gasteiger partial charge in [0.15, 0.2) is 0 Å². The lowest BCUT2D eigenvalue weighted by atomic mass is 9.63. The molecule has 1 aliphatic carbocycles. The summed E-state index contributed by atoms with van der Waals surface area (Å²) < 4.78 is 7.22. The molecule has 0 saturated carbocycles. The number of hydrogen-bond acceptors (Lipinski definition) is 2. The molecule has 266 valence electrons. The van der Waals surface area contributed by atoms with Gasteiger partial charge in [-0.15, -0.1) is 0 Å². The first-order chi connectivity index (χ1) is 27.5. The Bertz CT molecular complexity index is 2860. The Morgan fingerprint density at radius 1 is 0.393 bits per heavy atom. The van der Waals surface area contributed by atoms with E-state index in [-0.39, 0.29) is 5.41 Å². The molecule has 0 bridgehead atoms. The molecule has 0 fully saturated rings. The fourth-order valence-electron chi connectivity index (χ4n) is 9.70. The van der Waals surface area contributed by atoms with Gasteiger partial charge in [-0.25, -0.2) is 0 Å². The maximum atomic E-state index is 7.22. The van der Waals surface area contributed by atoms with Crippen LogP contribution in [0.25, 0.3) is 32.7 Å². The third kappa shape index (κ3) is 4.69. The third-order valence-electron chi connectivity index (χ3n) is 12.3. The van der Waals surface area contributed by atoms with Gasteiger partial charge in [-0.1, -0.05) is 172 Å². The van der Waals surface area contributed by atoms with E-state index in [1.54, 1.807) is 0 Å². The second kappa shape index (κ2) is 12.3. The maximum absolute atomic E-state index is 7.22. The Balaban J connectivity index is 1.18. The first kappa shape index (κ1) is 32.5. The number of hydrogen-bond donors (Lipinski definition) is 0. The first-order valence-corrected chi connectivity index (χ1v) is 19.5. The molecule has 1 heterocycles. The standard InChI is InChI=1S/C54H39NO/c1-53(2)46-30-29-44(55(42-27-25-36-15-9-11-17-38(36)33-42)43-28-26-37-16-10-12-18-39(37)34-43)35-45(46)51-48(53)31-32-49-52(51)56-50-24-14-13-23-47(50)54(49,40-19-5-3-6-20-40)41-21-7-4-8-22-41/h3-35H,1-2H3. The number of anilines is 3. The smallest absolute Gasteiger partial charge is 0.140 e. The van der Waals surface area contributed by atoms with E-state index in [0.717, 1.165) is 39.7 Å². The van der Waals surface area contributed by atoms with Gasteiger partial charge in [0.25, 0.3) is 0 Å². The first-order valence-electron chi connectivity index (χ1n) is 19.5. The van der Waals surface area contributed by atoms with Crippen molar-refractivity contribution < 1.29 is 4.74 Å². The minimum atomic E-state index is -0.589. The van der Waals surface area contributed by atoms with E-state index in [1.165, 1.54) is 54.9 Å². The van der Waals surface area contributed by atoms with Crippen LogP contribution in [0.3, 0.4) is 0 Å². The molecule has 0 aromatic heterocycles. The molecule has 9 aromatic rings. The summed E-state index contributed by atoms with van der Waals surface area (Å²) in [4.78, 5) is 2.41. The molecule has 0 N–H and O–H groups in total. The molecule has 0 atom stereocenters. The highest BCUT2D eigenvalue weighted by molar-refractivity contribution is 5.95. The van der Waals surface area contributed by atoms with E-state index in [9.17, 15) is 0 Å². The lowest BCUT2D eigenvalue weighted by Gasteiger charge is -2.42. The monoisotopic (exact) mass is 717 g/mol. The van der Waals surface area contributed by atoms with E-state index >= 15 is 0 Å². The molecule has 2 heteroatoms. The average Bonchev–Trinajstić information content (AvgIpc) is 3.49. The molecular weight excluding hydrogens is 679 g/mol. The van der Waals surface area contributed by atoms with Crippen LogP contribution in [0.4, 0.5) is 17.1 Å². The number of fused-ring (bicyclic) bond motifs is 8. The van der Waals surface area contributed by atoms with Crippen molar-refractivity contribution in [2.75, 3.05) is 4.90 Å². The van der Waals surface area contributed by atoms with Crippen LogP contribution >= 0.6 is 0 Å². The van der Waals surface area contributed by atoms with Crippen LogP contribution in [0.1, 0.15) is 47.2 Å². The van der Waals surface area contributed by atoms with Crippen LogP contribution < -0.4 is 9.64 Å². The molecule has 56 heavy (non-hydrogen) atoms. The number of benzene rings is 9. The van der Waals surface area contributed by atoms with Crippen molar-refractivity contribution in [3.05, 3.63) is 234 Å². The van der Waals surface area contributed by atoms with Gasteiger partial charge < -0.3 is 9.64 Å². The molecule has 0 saturated heterocycles. The number of rotatable bonds is 5. The van der Waals surface area contributed by atoms with Gasteiger partial charge in [0.2, 0.25) is 0 Å². The maximum Gasteiger partial charge on any atom is 0.140 e. The van der Waals surface area contributed by atoms with Gasteiger partial charge in [0.1, 0.15) is 11.5 Å². The predicted octanol–water partition coefficient (Wildman–Crippen LogP) is 14.3. The molecule has 0 radical (unpaired) electrons. The fourth-order valence-corrected chi connectivity index (χ4v) is 9.70. The Morgan fingerprint density at radius 3 is 1.50 bits per heavy atom. The van der Waals surface area contributed by atoms with Crippen LogP contribution in [-0.2, 0) is 10.8 Å². The lowest BCUT2D eigenvalue weighted by molar-refractivity contribution is 0.435. The van der Waals surface area contributed by atoms with Crippen molar-refractivity contribution in [1.29, 1.82) is 0 Å². The van der Waals surface area contributed by atoms with E-state index in [2.05, 4.69) is 219 Å². The molecule has 0 unspecified atom stereocenters. The zero-order valence-electron chi connectivity index (χ0n) is 31.4. The minimum absolute atomic E-state index is 0.239. The Morgan fingerprint density at radius 2 is 0.875 bits per heavy atom. The number of nitrogens with zero attached hydrogens (tertiary/aromatic N) is 1. The molecule has 11 rings (SSSR count). The number of ether oxygens (including phenoxy) is 1. The van der Waals surface area contributed by atoms with Crippen molar-refractivity contribution in [3.8, 4) is 22.6 Å². The number of para-hydroxylation sites is 1. The van der Waals surface area contributed by atoms with Crippen LogP contribution in [0.15, 0.2) is 200 Å². The largest absolute Gasteiger partial charge is 0.456 e. The van der Waals surface area contributed by atoms with E-state index in [4.69, 9.17) is 4.74 Å². The molecule has 0 amide bonds. The summed E-state index contributed by atoms with van der Waals surface area (Å²) in [5.41, 5.74) is 12.2. The van der Waals surface area contributed by atoms with Gasteiger partial charge in [-0.3, -0.25) is 0 Å². The molecule has 9 aromatic carbocycles. The molecule has 2 nitrogen and oxygen atoms in total. The SMILES string of the molecule is CC1(C)c2ccc(N(c3ccc4ccccc4c3)c3ccc4ccccc4c3)cc2-c2c1ccc1c2Oc2ccccc2C1(c1ccccc1)c1ccccc1. The summed E-state index contributed by atoms with van der Waals surface area (Å²) in [5, 5.41) is 4.87.